The normalized spacial score (nSPS) is 15.8. The molecule has 0 radical (unpaired) electrons. The van der Waals surface area contributed by atoms with E-state index in [1.807, 2.05) is 6.07 Å². The highest BCUT2D eigenvalue weighted by molar-refractivity contribution is 5.91. The molecule has 4 heteroatoms. The quantitative estimate of drug-likeness (QED) is 0.942. The van der Waals surface area contributed by atoms with E-state index >= 15 is 0 Å². The summed E-state index contributed by atoms with van der Waals surface area (Å²) in [6.07, 6.45) is 1.46. The van der Waals surface area contributed by atoms with Crippen LogP contribution in [0.2, 0.25) is 0 Å². The van der Waals surface area contributed by atoms with Crippen molar-refractivity contribution in [1.82, 2.24) is 0 Å². The van der Waals surface area contributed by atoms with Gasteiger partial charge in [0.05, 0.1) is 11.6 Å². The van der Waals surface area contributed by atoms with Crippen molar-refractivity contribution in [3.8, 4) is 6.07 Å². The fourth-order valence-electron chi connectivity index (χ4n) is 3.08. The number of fused-ring (bicyclic) bond motifs is 1. The van der Waals surface area contributed by atoms with E-state index in [1.54, 1.807) is 24.3 Å². The number of rotatable bonds is 4. The summed E-state index contributed by atoms with van der Waals surface area (Å²) in [5.41, 5.74) is 3.80. The number of hydrogen-bond acceptors (Lipinski definition) is 3. The largest absolute Gasteiger partial charge is 0.368 e. The first-order valence-corrected chi connectivity index (χ1v) is 7.82. The summed E-state index contributed by atoms with van der Waals surface area (Å²) >= 11 is 0. The first kappa shape index (κ1) is 15.1. The lowest BCUT2D eigenvalue weighted by atomic mass is 10.1. The number of para-hydroxylation sites is 1. The van der Waals surface area contributed by atoms with E-state index in [1.165, 1.54) is 11.3 Å². The molecule has 4 nitrogen and oxygen atoms in total. The van der Waals surface area contributed by atoms with Gasteiger partial charge >= 0.3 is 0 Å². The van der Waals surface area contributed by atoms with Crippen molar-refractivity contribution in [2.75, 3.05) is 16.8 Å². The minimum Gasteiger partial charge on any atom is -0.368 e. The topological polar surface area (TPSA) is 56.1 Å². The summed E-state index contributed by atoms with van der Waals surface area (Å²) in [7, 11) is 0. The molecule has 0 aromatic heterocycles. The van der Waals surface area contributed by atoms with Gasteiger partial charge in [-0.1, -0.05) is 24.3 Å². The highest BCUT2D eigenvalue weighted by Crippen LogP contribution is 2.31. The van der Waals surface area contributed by atoms with E-state index in [0.717, 1.165) is 6.42 Å². The van der Waals surface area contributed by atoms with Gasteiger partial charge in [-0.3, -0.25) is 4.79 Å². The van der Waals surface area contributed by atoms with Crippen molar-refractivity contribution < 1.29 is 4.79 Å². The molecule has 0 saturated carbocycles. The van der Waals surface area contributed by atoms with Crippen molar-refractivity contribution in [3.05, 3.63) is 59.7 Å². The Kier molecular flexibility index (Phi) is 4.29. The van der Waals surface area contributed by atoms with Crippen LogP contribution < -0.4 is 10.2 Å². The molecule has 116 valence electrons. The molecule has 1 aliphatic rings. The van der Waals surface area contributed by atoms with Crippen LogP contribution in [0.3, 0.4) is 0 Å². The van der Waals surface area contributed by atoms with Gasteiger partial charge in [-0.25, -0.2) is 0 Å². The zero-order chi connectivity index (χ0) is 16.2. The number of carbonyl (C=O) groups is 1. The van der Waals surface area contributed by atoms with Crippen molar-refractivity contribution in [3.63, 3.8) is 0 Å². The van der Waals surface area contributed by atoms with Crippen molar-refractivity contribution >= 4 is 17.3 Å². The third-order valence-electron chi connectivity index (χ3n) is 4.20. The fourth-order valence-corrected chi connectivity index (χ4v) is 3.08. The molecule has 1 atom stereocenters. The third kappa shape index (κ3) is 3.35. The van der Waals surface area contributed by atoms with Gasteiger partial charge in [0.15, 0.2) is 0 Å². The zero-order valence-corrected chi connectivity index (χ0v) is 13.1. The molecule has 2 aromatic rings. The second-order valence-corrected chi connectivity index (χ2v) is 5.87. The van der Waals surface area contributed by atoms with Gasteiger partial charge < -0.3 is 10.2 Å². The van der Waals surface area contributed by atoms with E-state index < -0.39 is 0 Å². The van der Waals surface area contributed by atoms with Crippen molar-refractivity contribution in [1.29, 1.82) is 5.26 Å². The summed E-state index contributed by atoms with van der Waals surface area (Å²) < 4.78 is 0. The van der Waals surface area contributed by atoms with E-state index in [9.17, 15) is 4.79 Å². The molecular formula is C19H19N3O. The van der Waals surface area contributed by atoms with Gasteiger partial charge in [-0.15, -0.1) is 0 Å². The number of amides is 1. The van der Waals surface area contributed by atoms with Crippen LogP contribution in [0.25, 0.3) is 0 Å². The first-order valence-electron chi connectivity index (χ1n) is 7.82. The summed E-state index contributed by atoms with van der Waals surface area (Å²) in [6, 6.07) is 17.8. The Labute approximate surface area is 136 Å². The smallest absolute Gasteiger partial charge is 0.226 e. The van der Waals surface area contributed by atoms with Crippen LogP contribution in [-0.4, -0.2) is 18.5 Å². The molecule has 1 aliphatic heterocycles. The Hall–Kier alpha value is -2.80. The summed E-state index contributed by atoms with van der Waals surface area (Å²) in [5, 5.41) is 11.8. The van der Waals surface area contributed by atoms with Gasteiger partial charge in [0.2, 0.25) is 5.91 Å². The summed E-state index contributed by atoms with van der Waals surface area (Å²) in [4.78, 5) is 14.5. The molecule has 0 saturated heterocycles. The van der Waals surface area contributed by atoms with Crippen LogP contribution in [0.4, 0.5) is 11.4 Å². The lowest BCUT2D eigenvalue weighted by Gasteiger charge is -2.24. The van der Waals surface area contributed by atoms with Gasteiger partial charge in [-0.2, -0.15) is 5.26 Å². The Balaban J connectivity index is 1.60. The van der Waals surface area contributed by atoms with E-state index in [4.69, 9.17) is 5.26 Å². The second kappa shape index (κ2) is 6.53. The lowest BCUT2D eigenvalue weighted by molar-refractivity contribution is -0.116. The van der Waals surface area contributed by atoms with E-state index in [-0.39, 0.29) is 5.91 Å². The molecule has 2 aromatic carbocycles. The summed E-state index contributed by atoms with van der Waals surface area (Å²) in [5.74, 6) is -0.0309. The monoisotopic (exact) mass is 305 g/mol. The first-order chi connectivity index (χ1) is 11.2. The Bertz CT molecular complexity index is 763. The maximum atomic E-state index is 12.2. The third-order valence-corrected chi connectivity index (χ3v) is 4.20. The molecule has 3 rings (SSSR count). The molecule has 1 unspecified atom stereocenters. The van der Waals surface area contributed by atoms with Crippen LogP contribution in [0.5, 0.6) is 0 Å². The predicted molar refractivity (Wildman–Crippen MR) is 91.4 cm³/mol. The van der Waals surface area contributed by atoms with E-state index in [0.29, 0.717) is 30.3 Å². The molecule has 0 aliphatic carbocycles. The average Bonchev–Trinajstić information content (AvgIpc) is 2.88. The number of carbonyl (C=O) groups excluding carboxylic acids is 1. The molecule has 0 bridgehead atoms. The van der Waals surface area contributed by atoms with Gasteiger partial charge in [0.1, 0.15) is 0 Å². The molecule has 23 heavy (non-hydrogen) atoms. The maximum absolute atomic E-state index is 12.2. The number of nitrogens with one attached hydrogen (secondary N) is 1. The number of nitrogens with zero attached hydrogens (tertiary/aromatic N) is 2. The standard InChI is InChI=1S/C19H19N3O/c1-14-11-16-6-2-3-8-18(16)22(14)10-9-19(23)21-17-7-4-5-15(12-17)13-20/h2-8,12,14H,9-11H2,1H3,(H,21,23). The highest BCUT2D eigenvalue weighted by Gasteiger charge is 2.25. The second-order valence-electron chi connectivity index (χ2n) is 5.87. The van der Waals surface area contributed by atoms with Crippen LogP contribution in [0.15, 0.2) is 48.5 Å². The number of hydrogen-bond donors (Lipinski definition) is 1. The minimum absolute atomic E-state index is 0.0309. The molecular weight excluding hydrogens is 286 g/mol. The fraction of sp³-hybridized carbons (Fsp3) is 0.263. The van der Waals surface area contributed by atoms with Gasteiger partial charge in [0.25, 0.3) is 0 Å². The van der Waals surface area contributed by atoms with Crippen LogP contribution in [0, 0.1) is 11.3 Å². The van der Waals surface area contributed by atoms with Crippen LogP contribution in [0.1, 0.15) is 24.5 Å². The minimum atomic E-state index is -0.0309. The predicted octanol–water partition coefficient (Wildman–Crippen LogP) is 3.34. The molecule has 1 heterocycles. The lowest BCUT2D eigenvalue weighted by Crippen LogP contribution is -2.32. The number of benzene rings is 2. The molecule has 0 spiro atoms. The van der Waals surface area contributed by atoms with Gasteiger partial charge in [-0.05, 0) is 43.2 Å². The van der Waals surface area contributed by atoms with Gasteiger partial charge in [0, 0.05) is 30.4 Å². The Morgan fingerprint density at radius 3 is 2.96 bits per heavy atom. The Morgan fingerprint density at radius 2 is 2.13 bits per heavy atom. The molecule has 0 fully saturated rings. The highest BCUT2D eigenvalue weighted by atomic mass is 16.1. The Morgan fingerprint density at radius 1 is 1.30 bits per heavy atom. The SMILES string of the molecule is CC1Cc2ccccc2N1CCC(=O)Nc1cccc(C#N)c1. The molecule has 1 N–H and O–H groups in total. The van der Waals surface area contributed by atoms with Crippen LogP contribution >= 0.6 is 0 Å². The number of anilines is 2. The van der Waals surface area contributed by atoms with Crippen molar-refractivity contribution in [2.24, 2.45) is 0 Å². The maximum Gasteiger partial charge on any atom is 0.226 e. The zero-order valence-electron chi connectivity index (χ0n) is 13.1. The molecule has 1 amide bonds. The average molecular weight is 305 g/mol. The van der Waals surface area contributed by atoms with Crippen LogP contribution in [-0.2, 0) is 11.2 Å². The summed E-state index contributed by atoms with van der Waals surface area (Å²) in [6.45, 7) is 2.89. The number of nitriles is 1. The van der Waals surface area contributed by atoms with E-state index in [2.05, 4.69) is 41.4 Å². The van der Waals surface area contributed by atoms with Crippen molar-refractivity contribution in [2.45, 2.75) is 25.8 Å².